The fourth-order valence-electron chi connectivity index (χ4n) is 0.745. The number of rotatable bonds is 0. The molecule has 54 valence electrons. The van der Waals surface area contributed by atoms with Crippen molar-refractivity contribution in [3.8, 4) is 0 Å². The molecule has 0 saturated carbocycles. The van der Waals surface area contributed by atoms with Crippen LogP contribution in [-0.2, 0) is 9.84 Å². The lowest BCUT2D eigenvalue weighted by Crippen LogP contribution is -2.13. The van der Waals surface area contributed by atoms with Gasteiger partial charge in [0.1, 0.15) is 4.16 Å². The Balaban J connectivity index is 2.87. The molecule has 1 rings (SSSR count). The predicted octanol–water partition coefficient (Wildman–Crippen LogP) is 1.29. The van der Waals surface area contributed by atoms with Crippen molar-refractivity contribution in [1.82, 2.24) is 0 Å². The Morgan fingerprint density at radius 1 is 1.33 bits per heavy atom. The van der Waals surface area contributed by atoms with Gasteiger partial charge in [0.15, 0.2) is 9.84 Å². The van der Waals surface area contributed by atoms with Crippen LogP contribution >= 0.6 is 31.9 Å². The number of hydrogen-bond donors (Lipinski definition) is 0. The average molecular weight is 278 g/mol. The highest BCUT2D eigenvalue weighted by atomic mass is 79.9. The molecule has 0 aromatic heterocycles. The maximum Gasteiger partial charge on any atom is 0.164 e. The van der Waals surface area contributed by atoms with Crippen molar-refractivity contribution in [2.45, 2.75) is 15.4 Å². The van der Waals surface area contributed by atoms with Crippen LogP contribution in [0.2, 0.25) is 0 Å². The number of hydrogen-bond acceptors (Lipinski definition) is 2. The van der Waals surface area contributed by atoms with E-state index in [4.69, 9.17) is 0 Å². The number of halogens is 2. The van der Waals surface area contributed by atoms with Gasteiger partial charge in [0.05, 0.1) is 5.75 Å². The smallest absolute Gasteiger partial charge is 0.164 e. The fraction of sp³-hybridized carbons (Fsp3) is 1.00. The van der Waals surface area contributed by atoms with Crippen molar-refractivity contribution in [2.24, 2.45) is 0 Å². The van der Waals surface area contributed by atoms with Crippen LogP contribution in [0.25, 0.3) is 0 Å². The molecule has 1 aliphatic heterocycles. The third-order valence-electron chi connectivity index (χ3n) is 1.31. The van der Waals surface area contributed by atoms with Gasteiger partial charge in [0.2, 0.25) is 0 Å². The molecule has 0 spiro atoms. The van der Waals surface area contributed by atoms with E-state index in [0.29, 0.717) is 5.75 Å². The number of sulfone groups is 1. The zero-order valence-electron chi connectivity index (χ0n) is 4.55. The first-order valence-corrected chi connectivity index (χ1v) is 6.08. The van der Waals surface area contributed by atoms with E-state index < -0.39 is 9.84 Å². The molecule has 0 N–H and O–H groups in total. The Bertz CT molecular complexity index is 199. The molecule has 1 heterocycles. The van der Waals surface area contributed by atoms with E-state index in [2.05, 4.69) is 31.9 Å². The zero-order valence-corrected chi connectivity index (χ0v) is 8.54. The summed E-state index contributed by atoms with van der Waals surface area (Å²) in [5, 5.41) is 0. The summed E-state index contributed by atoms with van der Waals surface area (Å²) in [6.07, 6.45) is 0.720. The first kappa shape index (κ1) is 8.01. The van der Waals surface area contributed by atoms with Crippen LogP contribution in [0.15, 0.2) is 0 Å². The lowest BCUT2D eigenvalue weighted by atomic mass is 10.4. The molecule has 2 atom stereocenters. The van der Waals surface area contributed by atoms with Crippen molar-refractivity contribution >= 4 is 41.7 Å². The number of alkyl halides is 2. The van der Waals surface area contributed by atoms with Gasteiger partial charge in [-0.2, -0.15) is 0 Å². The summed E-state index contributed by atoms with van der Waals surface area (Å²) in [5.74, 6) is 0.304. The second-order valence-corrected chi connectivity index (χ2v) is 7.03. The van der Waals surface area contributed by atoms with E-state index in [1.54, 1.807) is 0 Å². The molecule has 1 fully saturated rings. The average Bonchev–Trinajstić information content (AvgIpc) is 1.97. The first-order chi connectivity index (χ1) is 4.04. The zero-order chi connectivity index (χ0) is 7.07. The van der Waals surface area contributed by atoms with Crippen molar-refractivity contribution in [2.75, 3.05) is 5.75 Å². The molecule has 0 bridgehead atoms. The van der Waals surface area contributed by atoms with Crippen LogP contribution in [-0.4, -0.2) is 23.2 Å². The topological polar surface area (TPSA) is 34.1 Å². The van der Waals surface area contributed by atoms with Gasteiger partial charge in [-0.15, -0.1) is 0 Å². The molecule has 1 aliphatic rings. The second-order valence-electron chi connectivity index (χ2n) is 2.02. The summed E-state index contributed by atoms with van der Waals surface area (Å²) < 4.78 is 21.4. The monoisotopic (exact) mass is 276 g/mol. The highest BCUT2D eigenvalue weighted by molar-refractivity contribution is 9.13. The Morgan fingerprint density at radius 3 is 2.00 bits per heavy atom. The van der Waals surface area contributed by atoms with Crippen LogP contribution in [0.5, 0.6) is 0 Å². The molecule has 5 heteroatoms. The van der Waals surface area contributed by atoms with Gasteiger partial charge in [-0.25, -0.2) is 8.42 Å². The minimum atomic E-state index is -2.80. The van der Waals surface area contributed by atoms with E-state index in [1.165, 1.54) is 0 Å². The Morgan fingerprint density at radius 2 is 1.89 bits per heavy atom. The molecular weight excluding hydrogens is 272 g/mol. The largest absolute Gasteiger partial charge is 0.228 e. The molecule has 0 unspecified atom stereocenters. The molecule has 2 nitrogen and oxygen atoms in total. The lowest BCUT2D eigenvalue weighted by Gasteiger charge is -2.01. The lowest BCUT2D eigenvalue weighted by molar-refractivity contribution is 0.601. The van der Waals surface area contributed by atoms with E-state index in [1.807, 2.05) is 0 Å². The van der Waals surface area contributed by atoms with E-state index >= 15 is 0 Å². The minimum Gasteiger partial charge on any atom is -0.228 e. The maximum absolute atomic E-state index is 10.9. The summed E-state index contributed by atoms with van der Waals surface area (Å²) in [6, 6.07) is 0. The predicted molar refractivity (Wildman–Crippen MR) is 43.8 cm³/mol. The normalized spacial score (nSPS) is 41.1. The highest BCUT2D eigenvalue weighted by Gasteiger charge is 2.36. The third kappa shape index (κ3) is 1.49. The SMILES string of the molecule is O=S1(=O)CC[C@@H](Br)[C@H]1Br. The Hall–Kier alpha value is 0.910. The molecule has 9 heavy (non-hydrogen) atoms. The molecule has 0 aromatic rings. The quantitative estimate of drug-likeness (QED) is 0.626. The van der Waals surface area contributed by atoms with Crippen LogP contribution in [0.4, 0.5) is 0 Å². The van der Waals surface area contributed by atoms with E-state index in [0.717, 1.165) is 6.42 Å². The van der Waals surface area contributed by atoms with Crippen LogP contribution in [0.3, 0.4) is 0 Å². The summed E-state index contributed by atoms with van der Waals surface area (Å²) >= 11 is 6.34. The van der Waals surface area contributed by atoms with Crippen LogP contribution in [0.1, 0.15) is 6.42 Å². The van der Waals surface area contributed by atoms with Crippen LogP contribution < -0.4 is 0 Å². The molecular formula is C4H6Br2O2S. The van der Waals surface area contributed by atoms with Crippen LogP contribution in [0, 0.1) is 0 Å². The van der Waals surface area contributed by atoms with Gasteiger partial charge in [0, 0.05) is 4.83 Å². The van der Waals surface area contributed by atoms with Crippen molar-refractivity contribution in [3.05, 3.63) is 0 Å². The summed E-state index contributed by atoms with van der Waals surface area (Å²) in [5.41, 5.74) is 0. The van der Waals surface area contributed by atoms with Gasteiger partial charge in [0.25, 0.3) is 0 Å². The van der Waals surface area contributed by atoms with E-state index in [-0.39, 0.29) is 8.99 Å². The molecule has 0 amide bonds. The van der Waals surface area contributed by atoms with Gasteiger partial charge in [-0.3, -0.25) is 0 Å². The third-order valence-corrected chi connectivity index (χ3v) is 7.52. The Labute approximate surface area is 71.2 Å². The van der Waals surface area contributed by atoms with Gasteiger partial charge in [-0.1, -0.05) is 31.9 Å². The van der Waals surface area contributed by atoms with Gasteiger partial charge >= 0.3 is 0 Å². The van der Waals surface area contributed by atoms with Crippen molar-refractivity contribution in [1.29, 1.82) is 0 Å². The molecule has 1 saturated heterocycles. The highest BCUT2D eigenvalue weighted by Crippen LogP contribution is 2.30. The Kier molecular flexibility index (Phi) is 2.23. The molecule has 0 aliphatic carbocycles. The minimum absolute atomic E-state index is 0.0995. The van der Waals surface area contributed by atoms with Crippen molar-refractivity contribution < 1.29 is 8.42 Å². The van der Waals surface area contributed by atoms with Gasteiger partial charge in [-0.05, 0) is 6.42 Å². The maximum atomic E-state index is 10.9. The first-order valence-electron chi connectivity index (χ1n) is 2.54. The second kappa shape index (κ2) is 2.51. The standard InChI is InChI=1S/C4H6Br2O2S/c5-3-1-2-9(7,8)4(3)6/h3-4H,1-2H2/t3-,4+/m1/s1. The summed E-state index contributed by atoms with van der Waals surface area (Å²) in [7, 11) is -2.80. The van der Waals surface area contributed by atoms with Crippen molar-refractivity contribution in [3.63, 3.8) is 0 Å². The van der Waals surface area contributed by atoms with Gasteiger partial charge < -0.3 is 0 Å². The summed E-state index contributed by atoms with van der Waals surface area (Å²) in [6.45, 7) is 0. The van der Waals surface area contributed by atoms with E-state index in [9.17, 15) is 8.42 Å². The molecule has 0 aromatic carbocycles. The fourth-order valence-corrected chi connectivity index (χ4v) is 4.48. The molecule has 0 radical (unpaired) electrons. The summed E-state index contributed by atoms with van der Waals surface area (Å²) in [4.78, 5) is 0.0995.